The number of carbonyl (C=O) groups excluding carboxylic acids is 2. The average molecular weight is 455 g/mol. The van der Waals surface area contributed by atoms with E-state index in [0.717, 1.165) is 0 Å². The monoisotopic (exact) mass is 454 g/mol. The second-order valence-corrected chi connectivity index (χ2v) is 10.1. The summed E-state index contributed by atoms with van der Waals surface area (Å²) in [5.74, 6) is 0.0335. The molecule has 0 saturated carbocycles. The van der Waals surface area contributed by atoms with Crippen molar-refractivity contribution in [3.63, 3.8) is 0 Å². The maximum atomic E-state index is 13.1. The van der Waals surface area contributed by atoms with Gasteiger partial charge in [0.25, 0.3) is 0 Å². The van der Waals surface area contributed by atoms with Gasteiger partial charge in [0.2, 0.25) is 21.8 Å². The zero-order valence-electron chi connectivity index (χ0n) is 18.9. The lowest BCUT2D eigenvalue weighted by atomic mass is 10.0. The van der Waals surface area contributed by atoms with E-state index in [1.165, 1.54) is 19.2 Å². The predicted octanol–water partition coefficient (Wildman–Crippen LogP) is 0.667. The summed E-state index contributed by atoms with van der Waals surface area (Å²) in [5.41, 5.74) is 0. The lowest BCUT2D eigenvalue weighted by molar-refractivity contribution is -0.136. The van der Waals surface area contributed by atoms with Crippen molar-refractivity contribution in [2.75, 3.05) is 39.8 Å². The number of amides is 2. The van der Waals surface area contributed by atoms with Gasteiger partial charge in [-0.15, -0.1) is 0 Å². The number of carbonyl (C=O) groups is 2. The largest absolute Gasteiger partial charge is 0.497 e. The molecule has 0 radical (unpaired) electrons. The minimum atomic E-state index is -3.87. The van der Waals surface area contributed by atoms with Crippen LogP contribution in [0.25, 0.3) is 0 Å². The van der Waals surface area contributed by atoms with Crippen molar-refractivity contribution < 1.29 is 22.7 Å². The van der Waals surface area contributed by atoms with Gasteiger partial charge in [0.1, 0.15) is 11.8 Å². The Kier molecular flexibility index (Phi) is 8.84. The quantitative estimate of drug-likeness (QED) is 0.568. The molecule has 2 amide bonds. The molecule has 0 bridgehead atoms. The molecular formula is C21H34N4O5S. The fraction of sp³-hybridized carbons (Fsp3) is 0.619. The van der Waals surface area contributed by atoms with Crippen LogP contribution in [0.4, 0.5) is 0 Å². The predicted molar refractivity (Wildman–Crippen MR) is 118 cm³/mol. The highest BCUT2D eigenvalue weighted by Gasteiger charge is 2.33. The number of nitrogens with one attached hydrogen (secondary N) is 2. The van der Waals surface area contributed by atoms with Gasteiger partial charge in [-0.25, -0.2) is 8.42 Å². The van der Waals surface area contributed by atoms with Crippen LogP contribution in [0.15, 0.2) is 29.2 Å². The van der Waals surface area contributed by atoms with Gasteiger partial charge >= 0.3 is 0 Å². The van der Waals surface area contributed by atoms with Crippen molar-refractivity contribution in [3.05, 3.63) is 24.3 Å². The van der Waals surface area contributed by atoms with E-state index in [2.05, 4.69) is 10.0 Å². The zero-order valence-corrected chi connectivity index (χ0v) is 19.7. The van der Waals surface area contributed by atoms with E-state index in [-0.39, 0.29) is 35.2 Å². The highest BCUT2D eigenvalue weighted by Crippen LogP contribution is 2.18. The summed E-state index contributed by atoms with van der Waals surface area (Å²) in [6.45, 7) is 9.75. The number of rotatable bonds is 9. The third kappa shape index (κ3) is 7.19. The first-order valence-corrected chi connectivity index (χ1v) is 12.0. The van der Waals surface area contributed by atoms with Gasteiger partial charge in [-0.1, -0.05) is 13.8 Å². The van der Waals surface area contributed by atoms with E-state index in [1.807, 2.05) is 32.6 Å². The molecule has 0 unspecified atom stereocenters. The third-order valence-electron chi connectivity index (χ3n) is 5.09. The molecular weight excluding hydrogens is 420 g/mol. The molecule has 1 aliphatic rings. The zero-order chi connectivity index (χ0) is 23.2. The lowest BCUT2D eigenvalue weighted by Crippen LogP contribution is -2.57. The molecule has 1 saturated heterocycles. The number of benzene rings is 1. The number of sulfonamides is 1. The summed E-state index contributed by atoms with van der Waals surface area (Å²) < 4.78 is 33.3. The molecule has 1 atom stereocenters. The van der Waals surface area contributed by atoms with Crippen molar-refractivity contribution >= 4 is 21.8 Å². The number of methoxy groups -OCH3 is 1. The van der Waals surface area contributed by atoms with Gasteiger partial charge in [-0.05, 0) is 44.0 Å². The Hall–Kier alpha value is -2.17. The van der Waals surface area contributed by atoms with Crippen molar-refractivity contribution in [2.45, 2.75) is 44.7 Å². The summed E-state index contributed by atoms with van der Waals surface area (Å²) in [7, 11) is -2.36. The Morgan fingerprint density at radius 3 is 2.10 bits per heavy atom. The van der Waals surface area contributed by atoms with Crippen molar-refractivity contribution in [1.82, 2.24) is 19.8 Å². The summed E-state index contributed by atoms with van der Waals surface area (Å²) in [6, 6.07) is 5.24. The fourth-order valence-electron chi connectivity index (χ4n) is 3.36. The van der Waals surface area contributed by atoms with Crippen LogP contribution in [0.3, 0.4) is 0 Å². The standard InChI is InChI=1S/C21H34N4O5S/c1-15(2)20(23-31(28,29)18-8-6-17(30-5)7-9-18)21(27)25-12-10-24(11-13-25)14-19(26)22-16(3)4/h6-9,15-16,20,23H,10-14H2,1-5H3,(H,22,26)/t20-/m0/s1. The van der Waals surface area contributed by atoms with Crippen LogP contribution in [0.5, 0.6) is 5.75 Å². The molecule has 1 aromatic carbocycles. The molecule has 10 heteroatoms. The highest BCUT2D eigenvalue weighted by atomic mass is 32.2. The summed E-state index contributed by atoms with van der Waals surface area (Å²) >= 11 is 0. The minimum Gasteiger partial charge on any atom is -0.497 e. The molecule has 1 aliphatic heterocycles. The second kappa shape index (κ2) is 10.9. The fourth-order valence-corrected chi connectivity index (χ4v) is 4.69. The van der Waals surface area contributed by atoms with Crippen molar-refractivity contribution in [3.8, 4) is 5.75 Å². The molecule has 0 aromatic heterocycles. The first-order valence-electron chi connectivity index (χ1n) is 10.5. The molecule has 2 rings (SSSR count). The highest BCUT2D eigenvalue weighted by molar-refractivity contribution is 7.89. The average Bonchev–Trinajstić information content (AvgIpc) is 2.71. The van der Waals surface area contributed by atoms with Crippen LogP contribution in [-0.4, -0.2) is 81.9 Å². The molecule has 2 N–H and O–H groups in total. The van der Waals surface area contributed by atoms with Gasteiger partial charge < -0.3 is 15.0 Å². The molecule has 1 aromatic rings. The molecule has 31 heavy (non-hydrogen) atoms. The maximum Gasteiger partial charge on any atom is 0.241 e. The van der Waals surface area contributed by atoms with Gasteiger partial charge in [-0.2, -0.15) is 4.72 Å². The Morgan fingerprint density at radius 2 is 1.61 bits per heavy atom. The Labute approximate surface area is 185 Å². The van der Waals surface area contributed by atoms with Gasteiger partial charge in [0.15, 0.2) is 0 Å². The van der Waals surface area contributed by atoms with Crippen LogP contribution in [-0.2, 0) is 19.6 Å². The summed E-state index contributed by atoms with van der Waals surface area (Å²) in [6.07, 6.45) is 0. The Bertz CT molecular complexity index is 847. The number of hydrogen-bond donors (Lipinski definition) is 2. The van der Waals surface area contributed by atoms with Crippen LogP contribution < -0.4 is 14.8 Å². The SMILES string of the molecule is COc1ccc(S(=O)(=O)N[C@H](C(=O)N2CCN(CC(=O)NC(C)C)CC2)C(C)C)cc1. The Morgan fingerprint density at radius 1 is 1.03 bits per heavy atom. The molecule has 0 aliphatic carbocycles. The minimum absolute atomic E-state index is 0.0397. The third-order valence-corrected chi connectivity index (χ3v) is 6.54. The van der Waals surface area contributed by atoms with Crippen LogP contribution in [0.2, 0.25) is 0 Å². The number of hydrogen-bond acceptors (Lipinski definition) is 6. The van der Waals surface area contributed by atoms with Crippen LogP contribution >= 0.6 is 0 Å². The smallest absolute Gasteiger partial charge is 0.241 e. The van der Waals surface area contributed by atoms with Crippen molar-refractivity contribution in [2.24, 2.45) is 5.92 Å². The molecule has 1 fully saturated rings. The van der Waals surface area contributed by atoms with Gasteiger partial charge in [-0.3, -0.25) is 14.5 Å². The molecule has 0 spiro atoms. The van der Waals surface area contributed by atoms with Gasteiger partial charge in [0.05, 0.1) is 18.6 Å². The second-order valence-electron chi connectivity index (χ2n) is 8.34. The van der Waals surface area contributed by atoms with E-state index in [4.69, 9.17) is 4.74 Å². The number of piperazine rings is 1. The van der Waals surface area contributed by atoms with E-state index >= 15 is 0 Å². The summed E-state index contributed by atoms with van der Waals surface area (Å²) in [4.78, 5) is 28.8. The lowest BCUT2D eigenvalue weighted by Gasteiger charge is -2.37. The molecule has 174 valence electrons. The summed E-state index contributed by atoms with van der Waals surface area (Å²) in [5, 5.41) is 2.86. The first-order chi connectivity index (χ1) is 14.5. The maximum absolute atomic E-state index is 13.1. The van der Waals surface area contributed by atoms with E-state index in [9.17, 15) is 18.0 Å². The Balaban J connectivity index is 2.00. The van der Waals surface area contributed by atoms with E-state index in [1.54, 1.807) is 17.0 Å². The number of nitrogens with zero attached hydrogens (tertiary/aromatic N) is 2. The van der Waals surface area contributed by atoms with E-state index < -0.39 is 16.1 Å². The number of ether oxygens (including phenoxy) is 1. The van der Waals surface area contributed by atoms with Crippen LogP contribution in [0.1, 0.15) is 27.7 Å². The van der Waals surface area contributed by atoms with E-state index in [0.29, 0.717) is 31.9 Å². The topological polar surface area (TPSA) is 108 Å². The molecule has 9 nitrogen and oxygen atoms in total. The normalized spacial score (nSPS) is 16.4. The molecule has 1 heterocycles. The first kappa shape index (κ1) is 25.1. The van der Waals surface area contributed by atoms with Crippen LogP contribution in [0, 0.1) is 5.92 Å². The van der Waals surface area contributed by atoms with Crippen molar-refractivity contribution in [1.29, 1.82) is 0 Å². The van der Waals surface area contributed by atoms with Gasteiger partial charge in [0, 0.05) is 32.2 Å².